The third-order valence-electron chi connectivity index (χ3n) is 2.81. The van der Waals surface area contributed by atoms with Crippen molar-refractivity contribution in [3.05, 3.63) is 23.5 Å². The number of aromatic nitrogens is 1. The van der Waals surface area contributed by atoms with E-state index in [2.05, 4.69) is 10.3 Å². The lowest BCUT2D eigenvalue weighted by molar-refractivity contribution is 0.409. The Bertz CT molecular complexity index is 329. The van der Waals surface area contributed by atoms with Crippen molar-refractivity contribution in [1.29, 1.82) is 0 Å². The molecule has 1 fully saturated rings. The van der Waals surface area contributed by atoms with E-state index in [1.54, 1.807) is 6.20 Å². The van der Waals surface area contributed by atoms with Crippen LogP contribution in [0, 0.1) is 0 Å². The third kappa shape index (κ3) is 3.08. The van der Waals surface area contributed by atoms with Crippen LogP contribution in [-0.4, -0.2) is 17.1 Å². The van der Waals surface area contributed by atoms with E-state index in [-0.39, 0.29) is 0 Å². The van der Waals surface area contributed by atoms with Gasteiger partial charge in [0.2, 0.25) is 0 Å². The Balaban J connectivity index is 1.96. The highest BCUT2D eigenvalue weighted by atomic mass is 35.5. The zero-order valence-electron chi connectivity index (χ0n) is 8.62. The standard InChI is InChI=1S/C11H16ClN3/c12-11-7-10(4-5-14-11)15-9-3-1-2-8(13)6-9/h4-5,7-9H,1-3,6,13H2,(H,14,15). The fourth-order valence-corrected chi connectivity index (χ4v) is 2.26. The van der Waals surface area contributed by atoms with Gasteiger partial charge in [-0.2, -0.15) is 0 Å². The molecule has 3 N–H and O–H groups in total. The van der Waals surface area contributed by atoms with E-state index in [0.29, 0.717) is 17.2 Å². The summed E-state index contributed by atoms with van der Waals surface area (Å²) in [5, 5.41) is 3.98. The number of rotatable bonds is 2. The molecular weight excluding hydrogens is 210 g/mol. The van der Waals surface area contributed by atoms with Crippen LogP contribution < -0.4 is 11.1 Å². The van der Waals surface area contributed by atoms with Gasteiger partial charge in [0, 0.05) is 24.0 Å². The molecule has 1 saturated carbocycles. The summed E-state index contributed by atoms with van der Waals surface area (Å²) in [7, 11) is 0. The highest BCUT2D eigenvalue weighted by Crippen LogP contribution is 2.21. The number of hydrogen-bond acceptors (Lipinski definition) is 3. The van der Waals surface area contributed by atoms with Crippen LogP contribution in [0.15, 0.2) is 18.3 Å². The van der Waals surface area contributed by atoms with Gasteiger partial charge in [-0.15, -0.1) is 0 Å². The molecule has 0 amide bonds. The highest BCUT2D eigenvalue weighted by molar-refractivity contribution is 6.29. The first-order chi connectivity index (χ1) is 7.24. The predicted molar refractivity (Wildman–Crippen MR) is 63.1 cm³/mol. The number of nitrogens with one attached hydrogen (secondary N) is 1. The lowest BCUT2D eigenvalue weighted by Gasteiger charge is -2.28. The first-order valence-corrected chi connectivity index (χ1v) is 5.75. The van der Waals surface area contributed by atoms with Gasteiger partial charge in [0.25, 0.3) is 0 Å². The monoisotopic (exact) mass is 225 g/mol. The SMILES string of the molecule is NC1CCCC(Nc2ccnc(Cl)c2)C1. The number of nitrogens with two attached hydrogens (primary N) is 1. The third-order valence-corrected chi connectivity index (χ3v) is 3.02. The molecule has 82 valence electrons. The normalized spacial score (nSPS) is 26.3. The van der Waals surface area contributed by atoms with Crippen LogP contribution in [0.2, 0.25) is 5.15 Å². The van der Waals surface area contributed by atoms with Crippen LogP contribution in [0.3, 0.4) is 0 Å². The van der Waals surface area contributed by atoms with Gasteiger partial charge in [-0.05, 0) is 37.8 Å². The summed E-state index contributed by atoms with van der Waals surface area (Å²) < 4.78 is 0. The molecule has 15 heavy (non-hydrogen) atoms. The van der Waals surface area contributed by atoms with Gasteiger partial charge in [0.15, 0.2) is 0 Å². The molecule has 1 aromatic heterocycles. The van der Waals surface area contributed by atoms with Crippen LogP contribution in [0.4, 0.5) is 5.69 Å². The highest BCUT2D eigenvalue weighted by Gasteiger charge is 2.18. The van der Waals surface area contributed by atoms with E-state index in [1.165, 1.54) is 12.8 Å². The molecule has 1 aromatic rings. The summed E-state index contributed by atoms with van der Waals surface area (Å²) in [6.45, 7) is 0. The number of anilines is 1. The topological polar surface area (TPSA) is 50.9 Å². The molecule has 1 heterocycles. The molecule has 2 rings (SSSR count). The molecule has 4 heteroatoms. The number of nitrogens with zero attached hydrogens (tertiary/aromatic N) is 1. The molecule has 0 spiro atoms. The maximum Gasteiger partial charge on any atom is 0.131 e. The van der Waals surface area contributed by atoms with Gasteiger partial charge in [0.1, 0.15) is 5.15 Å². The first kappa shape index (κ1) is 10.7. The number of halogens is 1. The quantitative estimate of drug-likeness (QED) is 0.761. The first-order valence-electron chi connectivity index (χ1n) is 5.38. The van der Waals surface area contributed by atoms with Gasteiger partial charge in [-0.25, -0.2) is 4.98 Å². The average Bonchev–Trinajstić information content (AvgIpc) is 2.17. The fourth-order valence-electron chi connectivity index (χ4n) is 2.09. The zero-order valence-corrected chi connectivity index (χ0v) is 9.37. The van der Waals surface area contributed by atoms with Gasteiger partial charge in [0.05, 0.1) is 0 Å². The van der Waals surface area contributed by atoms with Crippen molar-refractivity contribution in [2.24, 2.45) is 5.73 Å². The minimum atomic E-state index is 0.341. The van der Waals surface area contributed by atoms with Crippen molar-refractivity contribution in [3.63, 3.8) is 0 Å². The van der Waals surface area contributed by atoms with Gasteiger partial charge in [-0.1, -0.05) is 11.6 Å². The van der Waals surface area contributed by atoms with Crippen molar-refractivity contribution < 1.29 is 0 Å². The minimum absolute atomic E-state index is 0.341. The van der Waals surface area contributed by atoms with E-state index in [4.69, 9.17) is 17.3 Å². The Morgan fingerprint density at radius 2 is 2.33 bits per heavy atom. The smallest absolute Gasteiger partial charge is 0.131 e. The maximum atomic E-state index is 5.93. The van der Waals surface area contributed by atoms with Crippen LogP contribution in [0.1, 0.15) is 25.7 Å². The molecule has 0 bridgehead atoms. The van der Waals surface area contributed by atoms with Crippen LogP contribution in [-0.2, 0) is 0 Å². The van der Waals surface area contributed by atoms with Crippen LogP contribution in [0.5, 0.6) is 0 Å². The van der Waals surface area contributed by atoms with Gasteiger partial charge < -0.3 is 11.1 Å². The second kappa shape index (κ2) is 4.81. The zero-order chi connectivity index (χ0) is 10.7. The molecule has 0 saturated heterocycles. The van der Waals surface area contributed by atoms with Crippen LogP contribution >= 0.6 is 11.6 Å². The van der Waals surface area contributed by atoms with Gasteiger partial charge >= 0.3 is 0 Å². The molecule has 1 aliphatic rings. The second-order valence-electron chi connectivity index (χ2n) is 4.14. The van der Waals surface area contributed by atoms with Crippen molar-refractivity contribution in [2.45, 2.75) is 37.8 Å². The molecule has 2 unspecified atom stereocenters. The molecular formula is C11H16ClN3. The van der Waals surface area contributed by atoms with E-state index in [9.17, 15) is 0 Å². The summed E-state index contributed by atoms with van der Waals surface area (Å²) in [6.07, 6.45) is 6.30. The molecule has 0 aliphatic heterocycles. The Morgan fingerprint density at radius 3 is 3.07 bits per heavy atom. The Morgan fingerprint density at radius 1 is 1.47 bits per heavy atom. The molecule has 0 aromatic carbocycles. The molecule has 2 atom stereocenters. The van der Waals surface area contributed by atoms with Gasteiger partial charge in [-0.3, -0.25) is 0 Å². The summed E-state index contributed by atoms with van der Waals surface area (Å²) in [6, 6.07) is 4.61. The predicted octanol–water partition coefficient (Wildman–Crippen LogP) is 2.42. The summed E-state index contributed by atoms with van der Waals surface area (Å²) in [5.74, 6) is 0. The van der Waals surface area contributed by atoms with Crippen molar-refractivity contribution >= 4 is 17.3 Å². The van der Waals surface area contributed by atoms with Crippen LogP contribution in [0.25, 0.3) is 0 Å². The Labute approximate surface area is 95.0 Å². The maximum absolute atomic E-state index is 5.93. The van der Waals surface area contributed by atoms with E-state index < -0.39 is 0 Å². The lowest BCUT2D eigenvalue weighted by Crippen LogP contribution is -2.34. The summed E-state index contributed by atoms with van der Waals surface area (Å²) >= 11 is 5.82. The number of hydrogen-bond donors (Lipinski definition) is 2. The van der Waals surface area contributed by atoms with E-state index in [1.807, 2.05) is 12.1 Å². The van der Waals surface area contributed by atoms with E-state index >= 15 is 0 Å². The van der Waals surface area contributed by atoms with Crippen molar-refractivity contribution in [1.82, 2.24) is 4.98 Å². The minimum Gasteiger partial charge on any atom is -0.382 e. The average molecular weight is 226 g/mol. The summed E-state index contributed by atoms with van der Waals surface area (Å²) in [5.41, 5.74) is 6.97. The lowest BCUT2D eigenvalue weighted by atomic mass is 9.91. The molecule has 1 aliphatic carbocycles. The summed E-state index contributed by atoms with van der Waals surface area (Å²) in [4.78, 5) is 3.95. The van der Waals surface area contributed by atoms with Crippen molar-refractivity contribution in [3.8, 4) is 0 Å². The fraction of sp³-hybridized carbons (Fsp3) is 0.545. The largest absolute Gasteiger partial charge is 0.382 e. The Hall–Kier alpha value is -0.800. The molecule has 3 nitrogen and oxygen atoms in total. The van der Waals surface area contributed by atoms with Crippen molar-refractivity contribution in [2.75, 3.05) is 5.32 Å². The van der Waals surface area contributed by atoms with E-state index in [0.717, 1.165) is 18.5 Å². The number of pyridine rings is 1. The Kier molecular flexibility index (Phi) is 3.44. The second-order valence-corrected chi connectivity index (χ2v) is 4.52. The molecule has 0 radical (unpaired) electrons.